The topological polar surface area (TPSA) is 0 Å². The van der Waals surface area contributed by atoms with Crippen molar-refractivity contribution in [1.82, 2.24) is 0 Å². The van der Waals surface area contributed by atoms with E-state index in [0.717, 1.165) is 22.6 Å². The van der Waals surface area contributed by atoms with Crippen molar-refractivity contribution in [2.75, 3.05) is 0 Å². The lowest BCUT2D eigenvalue weighted by Gasteiger charge is -2.21. The molecule has 0 heterocycles. The molecule has 0 saturated heterocycles. The van der Waals surface area contributed by atoms with Crippen LogP contribution in [0.15, 0.2) is 0 Å². The standard InChI is InChI=1S/C9H15Br/c1-5-7-6(10)4-9(2,3)8(5)7/h5-8H,4H2,1-3H3/t5-,6+,7+,8+/m0/s1. The van der Waals surface area contributed by atoms with Crippen molar-refractivity contribution in [3.63, 3.8) is 0 Å². The summed E-state index contributed by atoms with van der Waals surface area (Å²) < 4.78 is 0. The molecule has 58 valence electrons. The zero-order valence-electron chi connectivity index (χ0n) is 6.89. The molecule has 0 aliphatic heterocycles. The Morgan fingerprint density at radius 1 is 1.40 bits per heavy atom. The predicted molar refractivity (Wildman–Crippen MR) is 47.3 cm³/mol. The summed E-state index contributed by atoms with van der Waals surface area (Å²) in [7, 11) is 0. The molecule has 4 atom stereocenters. The van der Waals surface area contributed by atoms with Crippen molar-refractivity contribution < 1.29 is 0 Å². The second-order valence-corrected chi connectivity index (χ2v) is 5.85. The Bertz CT molecular complexity index is 162. The van der Waals surface area contributed by atoms with E-state index in [0.29, 0.717) is 5.41 Å². The third-order valence-corrected chi connectivity index (χ3v) is 4.42. The zero-order chi connectivity index (χ0) is 7.52. The Labute approximate surface area is 71.5 Å². The summed E-state index contributed by atoms with van der Waals surface area (Å²) in [6.45, 7) is 7.22. The Hall–Kier alpha value is 0.480. The Kier molecular flexibility index (Phi) is 1.28. The summed E-state index contributed by atoms with van der Waals surface area (Å²) in [5.74, 6) is 3.03. The van der Waals surface area contributed by atoms with E-state index < -0.39 is 0 Å². The SMILES string of the molecule is C[C@H]1[C@H]2[C@@H]1C(C)(C)C[C@H]2Br. The maximum atomic E-state index is 3.76. The molecule has 1 heteroatoms. The molecule has 0 bridgehead atoms. The molecule has 2 aliphatic carbocycles. The highest BCUT2D eigenvalue weighted by Crippen LogP contribution is 2.67. The molecule has 10 heavy (non-hydrogen) atoms. The predicted octanol–water partition coefficient (Wildman–Crippen LogP) is 3.06. The molecule has 2 saturated carbocycles. The molecule has 0 aromatic heterocycles. The van der Waals surface area contributed by atoms with E-state index in [9.17, 15) is 0 Å². The van der Waals surface area contributed by atoms with Crippen LogP contribution in [-0.2, 0) is 0 Å². The van der Waals surface area contributed by atoms with E-state index in [-0.39, 0.29) is 0 Å². The Morgan fingerprint density at radius 3 is 2.20 bits per heavy atom. The van der Waals surface area contributed by atoms with Gasteiger partial charge in [0.15, 0.2) is 0 Å². The summed E-state index contributed by atoms with van der Waals surface area (Å²) in [6, 6.07) is 0. The van der Waals surface area contributed by atoms with Gasteiger partial charge in [0, 0.05) is 4.83 Å². The lowest BCUT2D eigenvalue weighted by molar-refractivity contribution is 0.305. The summed E-state index contributed by atoms with van der Waals surface area (Å²) in [5, 5.41) is 0. The van der Waals surface area contributed by atoms with Crippen molar-refractivity contribution in [2.24, 2.45) is 23.2 Å². The van der Waals surface area contributed by atoms with E-state index in [1.54, 1.807) is 0 Å². The average molecular weight is 203 g/mol. The third-order valence-electron chi connectivity index (χ3n) is 3.49. The van der Waals surface area contributed by atoms with E-state index in [1.165, 1.54) is 6.42 Å². The fourth-order valence-corrected chi connectivity index (χ4v) is 4.70. The average Bonchev–Trinajstić information content (AvgIpc) is 2.32. The molecular formula is C9H15Br. The minimum Gasteiger partial charge on any atom is -0.0887 e. The smallest absolute Gasteiger partial charge is 0.0184 e. The number of alkyl halides is 1. The molecule has 0 spiro atoms. The van der Waals surface area contributed by atoms with Gasteiger partial charge in [0.25, 0.3) is 0 Å². The lowest BCUT2D eigenvalue weighted by atomic mass is 9.86. The van der Waals surface area contributed by atoms with E-state index >= 15 is 0 Å². The van der Waals surface area contributed by atoms with E-state index in [4.69, 9.17) is 0 Å². The van der Waals surface area contributed by atoms with Crippen LogP contribution >= 0.6 is 15.9 Å². The molecule has 0 aromatic rings. The first-order valence-electron chi connectivity index (χ1n) is 4.18. The van der Waals surface area contributed by atoms with Crippen LogP contribution in [0.3, 0.4) is 0 Å². The van der Waals surface area contributed by atoms with Crippen molar-refractivity contribution in [3.8, 4) is 0 Å². The zero-order valence-corrected chi connectivity index (χ0v) is 8.48. The van der Waals surface area contributed by atoms with Crippen LogP contribution in [0.25, 0.3) is 0 Å². The first-order valence-corrected chi connectivity index (χ1v) is 5.10. The Balaban J connectivity index is 2.19. The lowest BCUT2D eigenvalue weighted by Crippen LogP contribution is -2.14. The number of fused-ring (bicyclic) bond motifs is 1. The molecule has 0 radical (unpaired) electrons. The number of rotatable bonds is 0. The van der Waals surface area contributed by atoms with Crippen molar-refractivity contribution in [2.45, 2.75) is 32.0 Å². The van der Waals surface area contributed by atoms with Gasteiger partial charge in [0.2, 0.25) is 0 Å². The molecule has 0 unspecified atom stereocenters. The van der Waals surface area contributed by atoms with Crippen LogP contribution in [0.1, 0.15) is 27.2 Å². The third kappa shape index (κ3) is 0.731. The molecule has 2 rings (SSSR count). The van der Waals surface area contributed by atoms with Gasteiger partial charge in [-0.2, -0.15) is 0 Å². The van der Waals surface area contributed by atoms with Crippen molar-refractivity contribution in [3.05, 3.63) is 0 Å². The highest BCUT2D eigenvalue weighted by Gasteiger charge is 2.62. The fraction of sp³-hybridized carbons (Fsp3) is 1.00. The van der Waals surface area contributed by atoms with Gasteiger partial charge in [-0.15, -0.1) is 0 Å². The van der Waals surface area contributed by atoms with Crippen LogP contribution < -0.4 is 0 Å². The van der Waals surface area contributed by atoms with Crippen molar-refractivity contribution in [1.29, 1.82) is 0 Å². The van der Waals surface area contributed by atoms with Gasteiger partial charge < -0.3 is 0 Å². The van der Waals surface area contributed by atoms with Gasteiger partial charge in [-0.3, -0.25) is 0 Å². The van der Waals surface area contributed by atoms with Crippen molar-refractivity contribution >= 4 is 15.9 Å². The van der Waals surface area contributed by atoms with Crippen LogP contribution in [0.2, 0.25) is 0 Å². The van der Waals surface area contributed by atoms with Crippen LogP contribution in [-0.4, -0.2) is 4.83 Å². The quantitative estimate of drug-likeness (QED) is 0.531. The summed E-state index contributed by atoms with van der Waals surface area (Å²) >= 11 is 3.76. The number of halogens is 1. The highest BCUT2D eigenvalue weighted by molar-refractivity contribution is 9.09. The largest absolute Gasteiger partial charge is 0.0887 e. The van der Waals surface area contributed by atoms with Gasteiger partial charge in [-0.25, -0.2) is 0 Å². The number of hydrogen-bond donors (Lipinski definition) is 0. The molecular weight excluding hydrogens is 188 g/mol. The highest BCUT2D eigenvalue weighted by atomic mass is 79.9. The second-order valence-electron chi connectivity index (χ2n) is 4.67. The normalized spacial score (nSPS) is 56.4. The van der Waals surface area contributed by atoms with Gasteiger partial charge in [0.05, 0.1) is 0 Å². The summed E-state index contributed by atoms with van der Waals surface area (Å²) in [5.41, 5.74) is 0.623. The molecule has 2 aliphatic rings. The molecule has 0 nitrogen and oxygen atoms in total. The van der Waals surface area contributed by atoms with Gasteiger partial charge in [0.1, 0.15) is 0 Å². The van der Waals surface area contributed by atoms with Crippen LogP contribution in [0, 0.1) is 23.2 Å². The minimum atomic E-state index is 0.623. The first-order chi connectivity index (χ1) is 4.54. The first kappa shape index (κ1) is 7.15. The molecule has 0 aromatic carbocycles. The van der Waals surface area contributed by atoms with Crippen LogP contribution in [0.5, 0.6) is 0 Å². The molecule has 0 N–H and O–H groups in total. The van der Waals surface area contributed by atoms with Crippen LogP contribution in [0.4, 0.5) is 0 Å². The monoisotopic (exact) mass is 202 g/mol. The van der Waals surface area contributed by atoms with E-state index in [2.05, 4.69) is 36.7 Å². The molecule has 0 amide bonds. The van der Waals surface area contributed by atoms with Gasteiger partial charge >= 0.3 is 0 Å². The number of hydrogen-bond acceptors (Lipinski definition) is 0. The maximum absolute atomic E-state index is 3.76. The minimum absolute atomic E-state index is 0.623. The fourth-order valence-electron chi connectivity index (χ4n) is 3.06. The summed E-state index contributed by atoms with van der Waals surface area (Å²) in [4.78, 5) is 0.822. The van der Waals surface area contributed by atoms with Gasteiger partial charge in [-0.1, -0.05) is 36.7 Å². The van der Waals surface area contributed by atoms with Gasteiger partial charge in [-0.05, 0) is 29.6 Å². The van der Waals surface area contributed by atoms with E-state index in [1.807, 2.05) is 0 Å². The molecule has 2 fully saturated rings. The summed E-state index contributed by atoms with van der Waals surface area (Å²) in [6.07, 6.45) is 1.38. The second kappa shape index (κ2) is 1.80. The maximum Gasteiger partial charge on any atom is 0.0184 e. The Morgan fingerprint density at radius 2 is 2.00 bits per heavy atom.